The summed E-state index contributed by atoms with van der Waals surface area (Å²) in [5, 5.41) is 0. The van der Waals surface area contributed by atoms with Gasteiger partial charge in [0, 0.05) is 6.54 Å². The van der Waals surface area contributed by atoms with E-state index in [1.54, 1.807) is 0 Å². The van der Waals surface area contributed by atoms with Crippen molar-refractivity contribution >= 4 is 0 Å². The molecule has 0 bridgehead atoms. The molecular formula is C7H16N2. The van der Waals surface area contributed by atoms with Crippen LogP contribution in [-0.2, 0) is 0 Å². The zero-order valence-corrected chi connectivity index (χ0v) is 6.30. The van der Waals surface area contributed by atoms with Gasteiger partial charge in [-0.3, -0.25) is 0 Å². The molecule has 0 aromatic carbocycles. The van der Waals surface area contributed by atoms with Gasteiger partial charge in [0.05, 0.1) is 0 Å². The first-order valence-electron chi connectivity index (χ1n) is 3.27. The number of rotatable bonds is 4. The monoisotopic (exact) mass is 128 g/mol. The third-order valence-electron chi connectivity index (χ3n) is 0.971. The Morgan fingerprint density at radius 1 is 1.33 bits per heavy atom. The second kappa shape index (κ2) is 5.79. The highest BCUT2D eigenvalue weighted by Crippen LogP contribution is 1.80. The van der Waals surface area contributed by atoms with Gasteiger partial charge in [-0.05, 0) is 27.1 Å². The lowest BCUT2D eigenvalue weighted by molar-refractivity contribution is 0.456. The molecule has 0 spiro atoms. The molecule has 54 valence electrons. The Hall–Kier alpha value is -0.340. The van der Waals surface area contributed by atoms with Gasteiger partial charge in [-0.2, -0.15) is 0 Å². The molecule has 0 aliphatic rings. The molecule has 0 saturated heterocycles. The summed E-state index contributed by atoms with van der Waals surface area (Å²) in [4.78, 5) is 2.12. The average molecular weight is 128 g/mol. The van der Waals surface area contributed by atoms with Crippen molar-refractivity contribution in [1.82, 2.24) is 4.90 Å². The third-order valence-corrected chi connectivity index (χ3v) is 0.971. The highest BCUT2D eigenvalue weighted by atomic mass is 15.0. The van der Waals surface area contributed by atoms with Crippen LogP contribution in [0.3, 0.4) is 0 Å². The quantitative estimate of drug-likeness (QED) is 0.557. The molecule has 0 radical (unpaired) electrons. The van der Waals surface area contributed by atoms with Gasteiger partial charge in [0.2, 0.25) is 0 Å². The Morgan fingerprint density at radius 3 is 2.44 bits per heavy atom. The average Bonchev–Trinajstić information content (AvgIpc) is 1.80. The van der Waals surface area contributed by atoms with Crippen LogP contribution in [0.4, 0.5) is 0 Å². The largest absolute Gasteiger partial charge is 0.330 e. The molecular weight excluding hydrogens is 112 g/mol. The smallest absolute Gasteiger partial charge is 0.0157 e. The SMILES string of the molecule is CN(C)CC=CCCN. The van der Waals surface area contributed by atoms with E-state index in [0.717, 1.165) is 19.5 Å². The van der Waals surface area contributed by atoms with Gasteiger partial charge >= 0.3 is 0 Å². The van der Waals surface area contributed by atoms with E-state index in [1.165, 1.54) is 0 Å². The molecule has 0 aromatic heterocycles. The summed E-state index contributed by atoms with van der Waals surface area (Å²) in [5.41, 5.74) is 5.28. The Bertz CT molecular complexity index is 77.0. The summed E-state index contributed by atoms with van der Waals surface area (Å²) >= 11 is 0. The highest BCUT2D eigenvalue weighted by molar-refractivity contribution is 4.83. The van der Waals surface area contributed by atoms with Crippen molar-refractivity contribution in [2.24, 2.45) is 5.73 Å². The standard InChI is InChI=1S/C7H16N2/c1-9(2)7-5-3-4-6-8/h3,5H,4,6-8H2,1-2H3. The second-order valence-corrected chi connectivity index (χ2v) is 2.31. The first-order valence-corrected chi connectivity index (χ1v) is 3.27. The maximum atomic E-state index is 5.28. The van der Waals surface area contributed by atoms with E-state index in [4.69, 9.17) is 5.73 Å². The lowest BCUT2D eigenvalue weighted by atomic mass is 10.4. The Kier molecular flexibility index (Phi) is 5.57. The van der Waals surface area contributed by atoms with Gasteiger partial charge in [0.1, 0.15) is 0 Å². The van der Waals surface area contributed by atoms with Crippen molar-refractivity contribution in [2.45, 2.75) is 6.42 Å². The van der Waals surface area contributed by atoms with E-state index in [9.17, 15) is 0 Å². The van der Waals surface area contributed by atoms with Crippen molar-refractivity contribution in [2.75, 3.05) is 27.2 Å². The van der Waals surface area contributed by atoms with E-state index in [-0.39, 0.29) is 0 Å². The highest BCUT2D eigenvalue weighted by Gasteiger charge is 1.79. The summed E-state index contributed by atoms with van der Waals surface area (Å²) in [6.07, 6.45) is 5.24. The van der Waals surface area contributed by atoms with Gasteiger partial charge < -0.3 is 10.6 Å². The minimum absolute atomic E-state index is 0.754. The van der Waals surface area contributed by atoms with E-state index < -0.39 is 0 Å². The van der Waals surface area contributed by atoms with Crippen molar-refractivity contribution in [3.63, 3.8) is 0 Å². The van der Waals surface area contributed by atoms with Gasteiger partial charge in [0.25, 0.3) is 0 Å². The maximum absolute atomic E-state index is 5.28. The van der Waals surface area contributed by atoms with Crippen molar-refractivity contribution in [1.29, 1.82) is 0 Å². The predicted octanol–water partition coefficient (Wildman–Crippen LogP) is 0.453. The Balaban J connectivity index is 3.04. The molecule has 0 amide bonds. The first-order chi connectivity index (χ1) is 4.27. The molecule has 0 heterocycles. The topological polar surface area (TPSA) is 29.3 Å². The van der Waals surface area contributed by atoms with E-state index in [1.807, 2.05) is 14.1 Å². The molecule has 2 N–H and O–H groups in total. The lowest BCUT2D eigenvalue weighted by Gasteiger charge is -2.02. The van der Waals surface area contributed by atoms with E-state index >= 15 is 0 Å². The first kappa shape index (κ1) is 8.66. The van der Waals surface area contributed by atoms with Crippen LogP contribution in [0, 0.1) is 0 Å². The van der Waals surface area contributed by atoms with E-state index in [0.29, 0.717) is 0 Å². The molecule has 2 heteroatoms. The minimum atomic E-state index is 0.754. The van der Waals surface area contributed by atoms with Crippen LogP contribution >= 0.6 is 0 Å². The summed E-state index contributed by atoms with van der Waals surface area (Å²) in [5.74, 6) is 0. The normalized spacial score (nSPS) is 11.6. The van der Waals surface area contributed by atoms with Crippen LogP contribution in [0.5, 0.6) is 0 Å². The molecule has 0 aliphatic heterocycles. The summed E-state index contributed by atoms with van der Waals surface area (Å²) in [6.45, 7) is 1.77. The van der Waals surface area contributed by atoms with Crippen LogP contribution in [0.1, 0.15) is 6.42 Å². The number of hydrogen-bond donors (Lipinski definition) is 1. The molecule has 2 nitrogen and oxygen atoms in total. The van der Waals surface area contributed by atoms with Crippen molar-refractivity contribution < 1.29 is 0 Å². The lowest BCUT2D eigenvalue weighted by Crippen LogP contribution is -2.10. The zero-order chi connectivity index (χ0) is 7.11. The van der Waals surface area contributed by atoms with Gasteiger partial charge in [-0.1, -0.05) is 12.2 Å². The van der Waals surface area contributed by atoms with Crippen LogP contribution in [0.2, 0.25) is 0 Å². The molecule has 9 heavy (non-hydrogen) atoms. The van der Waals surface area contributed by atoms with Gasteiger partial charge in [-0.25, -0.2) is 0 Å². The fraction of sp³-hybridized carbons (Fsp3) is 0.714. The number of likely N-dealkylation sites (N-methyl/N-ethyl adjacent to an activating group) is 1. The maximum Gasteiger partial charge on any atom is 0.0157 e. The molecule has 0 aliphatic carbocycles. The summed E-state index contributed by atoms with van der Waals surface area (Å²) < 4.78 is 0. The second-order valence-electron chi connectivity index (χ2n) is 2.31. The van der Waals surface area contributed by atoms with Crippen molar-refractivity contribution in [3.05, 3.63) is 12.2 Å². The van der Waals surface area contributed by atoms with Crippen LogP contribution in [0.15, 0.2) is 12.2 Å². The number of nitrogens with two attached hydrogens (primary N) is 1. The van der Waals surface area contributed by atoms with Gasteiger partial charge in [-0.15, -0.1) is 0 Å². The van der Waals surface area contributed by atoms with Crippen LogP contribution in [0.25, 0.3) is 0 Å². The minimum Gasteiger partial charge on any atom is -0.330 e. The summed E-state index contributed by atoms with van der Waals surface area (Å²) in [6, 6.07) is 0. The molecule has 0 atom stereocenters. The van der Waals surface area contributed by atoms with E-state index in [2.05, 4.69) is 17.1 Å². The fourth-order valence-corrected chi connectivity index (χ4v) is 0.499. The molecule has 0 rings (SSSR count). The van der Waals surface area contributed by atoms with Crippen LogP contribution in [-0.4, -0.2) is 32.1 Å². The van der Waals surface area contributed by atoms with Crippen LogP contribution < -0.4 is 5.73 Å². The fourth-order valence-electron chi connectivity index (χ4n) is 0.499. The zero-order valence-electron chi connectivity index (χ0n) is 6.30. The molecule has 0 unspecified atom stereocenters. The molecule has 0 fully saturated rings. The van der Waals surface area contributed by atoms with Gasteiger partial charge in [0.15, 0.2) is 0 Å². The van der Waals surface area contributed by atoms with Crippen molar-refractivity contribution in [3.8, 4) is 0 Å². The Labute approximate surface area is 57.3 Å². The summed E-state index contributed by atoms with van der Waals surface area (Å²) in [7, 11) is 4.10. The predicted molar refractivity (Wildman–Crippen MR) is 41.4 cm³/mol. The number of hydrogen-bond acceptors (Lipinski definition) is 2. The number of nitrogens with zero attached hydrogens (tertiary/aromatic N) is 1. The molecule has 0 aromatic rings. The molecule has 0 saturated carbocycles. The third kappa shape index (κ3) is 7.66. The Morgan fingerprint density at radius 2 is 2.00 bits per heavy atom.